The summed E-state index contributed by atoms with van der Waals surface area (Å²) >= 11 is 0. The van der Waals surface area contributed by atoms with Gasteiger partial charge in [0.15, 0.2) is 0 Å². The maximum atomic E-state index is 5.54. The third-order valence-corrected chi connectivity index (χ3v) is 2.37. The number of rotatable bonds is 10. The topological polar surface area (TPSA) is 38.5 Å². The van der Waals surface area contributed by atoms with Gasteiger partial charge in [0.25, 0.3) is 0 Å². The van der Waals surface area contributed by atoms with Gasteiger partial charge in [0.05, 0.1) is 0 Å². The first-order valence-corrected chi connectivity index (χ1v) is 6.12. The van der Waals surface area contributed by atoms with Crippen molar-refractivity contribution in [2.24, 2.45) is 11.7 Å². The number of nitrogens with zero attached hydrogens (tertiary/aromatic N) is 1. The molecular formula is C12H28N2O. The van der Waals surface area contributed by atoms with Crippen LogP contribution in [0.1, 0.15) is 33.1 Å². The Bertz CT molecular complexity index is 129. The van der Waals surface area contributed by atoms with E-state index in [1.54, 1.807) is 7.11 Å². The fourth-order valence-corrected chi connectivity index (χ4v) is 1.71. The number of ether oxygens (including phenoxy) is 1. The van der Waals surface area contributed by atoms with Gasteiger partial charge in [-0.2, -0.15) is 0 Å². The van der Waals surface area contributed by atoms with E-state index >= 15 is 0 Å². The maximum absolute atomic E-state index is 5.54. The molecule has 0 unspecified atom stereocenters. The molecule has 0 saturated carbocycles. The zero-order valence-corrected chi connectivity index (χ0v) is 10.7. The number of methoxy groups -OCH3 is 1. The fourth-order valence-electron chi connectivity index (χ4n) is 1.71. The van der Waals surface area contributed by atoms with Crippen molar-refractivity contribution in [1.29, 1.82) is 0 Å². The molecule has 0 bridgehead atoms. The Morgan fingerprint density at radius 2 is 1.80 bits per heavy atom. The molecule has 2 N–H and O–H groups in total. The van der Waals surface area contributed by atoms with Crippen molar-refractivity contribution in [3.8, 4) is 0 Å². The van der Waals surface area contributed by atoms with E-state index in [4.69, 9.17) is 10.5 Å². The molecule has 0 atom stereocenters. The first-order valence-electron chi connectivity index (χ1n) is 6.12. The van der Waals surface area contributed by atoms with E-state index in [-0.39, 0.29) is 0 Å². The van der Waals surface area contributed by atoms with Gasteiger partial charge in [0.2, 0.25) is 0 Å². The van der Waals surface area contributed by atoms with Gasteiger partial charge in [0.1, 0.15) is 0 Å². The average molecular weight is 216 g/mol. The molecule has 0 aromatic carbocycles. The van der Waals surface area contributed by atoms with Gasteiger partial charge >= 0.3 is 0 Å². The quantitative estimate of drug-likeness (QED) is 0.565. The lowest BCUT2D eigenvalue weighted by Gasteiger charge is -2.23. The highest BCUT2D eigenvalue weighted by atomic mass is 16.5. The molecule has 0 amide bonds. The van der Waals surface area contributed by atoms with Gasteiger partial charge in [-0.3, -0.25) is 0 Å². The van der Waals surface area contributed by atoms with Crippen molar-refractivity contribution in [2.75, 3.05) is 39.9 Å². The molecule has 3 heteroatoms. The molecule has 0 rings (SSSR count). The van der Waals surface area contributed by atoms with Crippen LogP contribution < -0.4 is 5.73 Å². The van der Waals surface area contributed by atoms with Crippen molar-refractivity contribution in [2.45, 2.75) is 33.1 Å². The van der Waals surface area contributed by atoms with Crippen molar-refractivity contribution >= 4 is 0 Å². The average Bonchev–Trinajstić information content (AvgIpc) is 2.19. The molecule has 0 aromatic rings. The molecule has 0 aliphatic rings. The molecule has 0 fully saturated rings. The Balaban J connectivity index is 3.59. The molecule has 0 radical (unpaired) electrons. The summed E-state index contributed by atoms with van der Waals surface area (Å²) in [4.78, 5) is 2.52. The zero-order valence-electron chi connectivity index (χ0n) is 10.7. The molecule has 0 saturated heterocycles. The second-order valence-corrected chi connectivity index (χ2v) is 4.54. The molecule has 3 nitrogen and oxygen atoms in total. The van der Waals surface area contributed by atoms with Crippen LogP contribution in [-0.4, -0.2) is 44.8 Å². The van der Waals surface area contributed by atoms with Gasteiger partial charge in [0, 0.05) is 20.3 Å². The van der Waals surface area contributed by atoms with Crippen molar-refractivity contribution in [1.82, 2.24) is 4.90 Å². The molecule has 0 heterocycles. The first kappa shape index (κ1) is 14.9. The fraction of sp³-hybridized carbons (Fsp3) is 1.00. The summed E-state index contributed by atoms with van der Waals surface area (Å²) in [6.07, 6.45) is 3.50. The van der Waals surface area contributed by atoms with Crippen LogP contribution in [0.5, 0.6) is 0 Å². The standard InChI is InChI=1S/C12H28N2O/c1-12(2)11-14(9-6-7-13)8-4-5-10-15-3/h12H,4-11,13H2,1-3H3. The zero-order chi connectivity index (χ0) is 11.5. The highest BCUT2D eigenvalue weighted by Gasteiger charge is 2.06. The predicted octanol–water partition coefficient (Wildman–Crippen LogP) is 1.72. The molecule has 0 aromatic heterocycles. The van der Waals surface area contributed by atoms with Crippen LogP contribution in [0, 0.1) is 5.92 Å². The van der Waals surface area contributed by atoms with Gasteiger partial charge in [-0.15, -0.1) is 0 Å². The second-order valence-electron chi connectivity index (χ2n) is 4.54. The van der Waals surface area contributed by atoms with Gasteiger partial charge in [-0.25, -0.2) is 0 Å². The van der Waals surface area contributed by atoms with Crippen LogP contribution in [-0.2, 0) is 4.74 Å². The lowest BCUT2D eigenvalue weighted by Crippen LogP contribution is -2.31. The predicted molar refractivity (Wildman–Crippen MR) is 66.1 cm³/mol. The Kier molecular flexibility index (Phi) is 10.3. The number of hydrogen-bond acceptors (Lipinski definition) is 3. The van der Waals surface area contributed by atoms with E-state index in [2.05, 4.69) is 18.7 Å². The van der Waals surface area contributed by atoms with Crippen molar-refractivity contribution < 1.29 is 4.74 Å². The van der Waals surface area contributed by atoms with Gasteiger partial charge < -0.3 is 15.4 Å². The summed E-state index contributed by atoms with van der Waals surface area (Å²) in [7, 11) is 1.76. The Morgan fingerprint density at radius 1 is 1.13 bits per heavy atom. The van der Waals surface area contributed by atoms with E-state index in [9.17, 15) is 0 Å². The van der Waals surface area contributed by atoms with E-state index < -0.39 is 0 Å². The molecule has 0 aliphatic heterocycles. The Morgan fingerprint density at radius 3 is 2.33 bits per heavy atom. The van der Waals surface area contributed by atoms with E-state index in [1.807, 2.05) is 0 Å². The van der Waals surface area contributed by atoms with Crippen LogP contribution in [0.3, 0.4) is 0 Å². The highest BCUT2D eigenvalue weighted by Crippen LogP contribution is 2.02. The van der Waals surface area contributed by atoms with E-state index in [0.717, 1.165) is 38.5 Å². The summed E-state index contributed by atoms with van der Waals surface area (Å²) < 4.78 is 5.05. The smallest absolute Gasteiger partial charge is 0.0462 e. The van der Waals surface area contributed by atoms with Crippen molar-refractivity contribution in [3.63, 3.8) is 0 Å². The second kappa shape index (κ2) is 10.4. The molecule has 92 valence electrons. The molecule has 0 spiro atoms. The normalized spacial score (nSPS) is 11.6. The Hall–Kier alpha value is -0.120. The summed E-state index contributed by atoms with van der Waals surface area (Å²) in [6, 6.07) is 0. The lowest BCUT2D eigenvalue weighted by atomic mass is 10.2. The van der Waals surface area contributed by atoms with Crippen LogP contribution in [0.25, 0.3) is 0 Å². The Labute approximate surface area is 95.0 Å². The minimum absolute atomic E-state index is 0.741. The minimum Gasteiger partial charge on any atom is -0.385 e. The largest absolute Gasteiger partial charge is 0.385 e. The third-order valence-electron chi connectivity index (χ3n) is 2.37. The van der Waals surface area contributed by atoms with E-state index in [0.29, 0.717) is 0 Å². The molecule has 15 heavy (non-hydrogen) atoms. The van der Waals surface area contributed by atoms with Crippen LogP contribution in [0.2, 0.25) is 0 Å². The lowest BCUT2D eigenvalue weighted by molar-refractivity contribution is 0.180. The van der Waals surface area contributed by atoms with E-state index in [1.165, 1.54) is 19.5 Å². The number of hydrogen-bond donors (Lipinski definition) is 1. The maximum Gasteiger partial charge on any atom is 0.0462 e. The summed E-state index contributed by atoms with van der Waals surface area (Å²) in [5, 5.41) is 0. The first-order chi connectivity index (χ1) is 7.20. The van der Waals surface area contributed by atoms with Gasteiger partial charge in [-0.05, 0) is 44.8 Å². The number of unbranched alkanes of at least 4 members (excludes halogenated alkanes) is 1. The third kappa shape index (κ3) is 10.2. The van der Waals surface area contributed by atoms with Crippen molar-refractivity contribution in [3.05, 3.63) is 0 Å². The molecular weight excluding hydrogens is 188 g/mol. The molecule has 0 aliphatic carbocycles. The summed E-state index contributed by atoms with van der Waals surface area (Å²) in [6.45, 7) is 9.73. The SMILES string of the molecule is COCCCCN(CCCN)CC(C)C. The van der Waals surface area contributed by atoms with Gasteiger partial charge in [-0.1, -0.05) is 13.8 Å². The summed E-state index contributed by atoms with van der Waals surface area (Å²) in [5.41, 5.74) is 5.54. The number of nitrogens with two attached hydrogens (primary N) is 1. The van der Waals surface area contributed by atoms with Crippen LogP contribution >= 0.6 is 0 Å². The monoisotopic (exact) mass is 216 g/mol. The minimum atomic E-state index is 0.741. The highest BCUT2D eigenvalue weighted by molar-refractivity contribution is 4.61. The van der Waals surface area contributed by atoms with Crippen LogP contribution in [0.4, 0.5) is 0 Å². The van der Waals surface area contributed by atoms with Crippen LogP contribution in [0.15, 0.2) is 0 Å². The summed E-state index contributed by atoms with van der Waals surface area (Å²) in [5.74, 6) is 0.741.